The molecule has 0 heterocycles. The van der Waals surface area contributed by atoms with Crippen LogP contribution in [-0.2, 0) is 0 Å². The van der Waals surface area contributed by atoms with E-state index in [0.717, 1.165) is 12.5 Å². The number of allylic oxidation sites excluding steroid dienone is 1. The van der Waals surface area contributed by atoms with E-state index in [1.54, 1.807) is 5.57 Å². The largest absolute Gasteiger partial charge is 0.330 e. The first-order valence-electron chi connectivity index (χ1n) is 6.66. The maximum absolute atomic E-state index is 6.07. The summed E-state index contributed by atoms with van der Waals surface area (Å²) in [7, 11) is 0. The van der Waals surface area contributed by atoms with Crippen LogP contribution in [0.4, 0.5) is 0 Å². The van der Waals surface area contributed by atoms with Gasteiger partial charge in [0.15, 0.2) is 0 Å². The van der Waals surface area contributed by atoms with E-state index in [2.05, 4.69) is 13.0 Å². The van der Waals surface area contributed by atoms with Crippen molar-refractivity contribution in [2.45, 2.75) is 58.3 Å². The third-order valence-electron chi connectivity index (χ3n) is 4.59. The van der Waals surface area contributed by atoms with E-state index in [9.17, 15) is 0 Å². The minimum absolute atomic E-state index is 0.410. The summed E-state index contributed by atoms with van der Waals surface area (Å²) in [6, 6.07) is 0. The molecule has 15 heavy (non-hydrogen) atoms. The monoisotopic (exact) mass is 207 g/mol. The lowest BCUT2D eigenvalue weighted by molar-refractivity contribution is 0.197. The first kappa shape index (κ1) is 11.2. The first-order valence-corrected chi connectivity index (χ1v) is 6.66. The Labute approximate surface area is 94.1 Å². The smallest absolute Gasteiger partial charge is 0.00347 e. The molecule has 0 radical (unpaired) electrons. The summed E-state index contributed by atoms with van der Waals surface area (Å²) in [4.78, 5) is 0. The molecule has 1 saturated carbocycles. The molecule has 0 aromatic carbocycles. The fourth-order valence-electron chi connectivity index (χ4n) is 3.29. The van der Waals surface area contributed by atoms with Crippen molar-refractivity contribution < 1.29 is 0 Å². The van der Waals surface area contributed by atoms with Gasteiger partial charge in [0, 0.05) is 12.0 Å². The highest BCUT2D eigenvalue weighted by Gasteiger charge is 2.36. The second-order valence-electron chi connectivity index (χ2n) is 5.64. The van der Waals surface area contributed by atoms with Crippen molar-refractivity contribution in [3.8, 4) is 0 Å². The highest BCUT2D eigenvalue weighted by molar-refractivity contribution is 5.18. The Morgan fingerprint density at radius 2 is 2.07 bits per heavy atom. The number of nitrogens with two attached hydrogens (primary N) is 1. The van der Waals surface area contributed by atoms with Gasteiger partial charge in [0.1, 0.15) is 0 Å². The summed E-state index contributed by atoms with van der Waals surface area (Å²) in [6.45, 7) is 3.27. The molecular weight excluding hydrogens is 182 g/mol. The summed E-state index contributed by atoms with van der Waals surface area (Å²) in [6.07, 6.45) is 13.4. The molecule has 1 fully saturated rings. The van der Waals surface area contributed by atoms with Crippen molar-refractivity contribution in [3.63, 3.8) is 0 Å². The van der Waals surface area contributed by atoms with E-state index >= 15 is 0 Å². The Bertz CT molecular complexity index is 234. The normalized spacial score (nSPS) is 37.5. The van der Waals surface area contributed by atoms with Crippen LogP contribution in [0.2, 0.25) is 0 Å². The van der Waals surface area contributed by atoms with Crippen molar-refractivity contribution in [2.75, 3.05) is 6.54 Å². The molecule has 86 valence electrons. The molecule has 1 nitrogen and oxygen atoms in total. The molecule has 0 aromatic heterocycles. The molecular formula is C14H25N. The lowest BCUT2D eigenvalue weighted by atomic mass is 9.64. The van der Waals surface area contributed by atoms with Gasteiger partial charge >= 0.3 is 0 Å². The van der Waals surface area contributed by atoms with Crippen LogP contribution in [0.25, 0.3) is 0 Å². The minimum Gasteiger partial charge on any atom is -0.330 e. The van der Waals surface area contributed by atoms with Crippen LogP contribution in [0, 0.1) is 11.3 Å². The van der Waals surface area contributed by atoms with E-state index in [4.69, 9.17) is 5.73 Å². The van der Waals surface area contributed by atoms with Crippen molar-refractivity contribution >= 4 is 0 Å². The third kappa shape index (κ3) is 2.28. The standard InChI is InChI=1S/C14H25N/c1-12-7-9-14(11-15,10-8-12)13-5-3-2-4-6-13/h5,12H,2-4,6-11,15H2,1H3. The van der Waals surface area contributed by atoms with Crippen LogP contribution >= 0.6 is 0 Å². The molecule has 0 amide bonds. The van der Waals surface area contributed by atoms with Gasteiger partial charge in [-0.05, 0) is 57.3 Å². The van der Waals surface area contributed by atoms with Crippen LogP contribution in [0.15, 0.2) is 11.6 Å². The average molecular weight is 207 g/mol. The molecule has 2 rings (SSSR count). The molecule has 2 aliphatic carbocycles. The molecule has 0 aromatic rings. The van der Waals surface area contributed by atoms with Gasteiger partial charge in [0.2, 0.25) is 0 Å². The highest BCUT2D eigenvalue weighted by Crippen LogP contribution is 2.46. The van der Waals surface area contributed by atoms with Crippen LogP contribution in [0.5, 0.6) is 0 Å². The van der Waals surface area contributed by atoms with Gasteiger partial charge in [0.05, 0.1) is 0 Å². The first-order chi connectivity index (χ1) is 7.27. The third-order valence-corrected chi connectivity index (χ3v) is 4.59. The summed E-state index contributed by atoms with van der Waals surface area (Å²) < 4.78 is 0. The van der Waals surface area contributed by atoms with Crippen molar-refractivity contribution in [3.05, 3.63) is 11.6 Å². The second-order valence-corrected chi connectivity index (χ2v) is 5.64. The van der Waals surface area contributed by atoms with E-state index in [1.165, 1.54) is 51.4 Å². The van der Waals surface area contributed by atoms with E-state index < -0.39 is 0 Å². The zero-order valence-electron chi connectivity index (χ0n) is 10.1. The minimum atomic E-state index is 0.410. The lowest BCUT2D eigenvalue weighted by Gasteiger charge is -2.42. The van der Waals surface area contributed by atoms with Gasteiger partial charge in [-0.2, -0.15) is 0 Å². The molecule has 0 atom stereocenters. The quantitative estimate of drug-likeness (QED) is 0.687. The Morgan fingerprint density at radius 1 is 1.33 bits per heavy atom. The van der Waals surface area contributed by atoms with Crippen LogP contribution < -0.4 is 5.73 Å². The van der Waals surface area contributed by atoms with Gasteiger partial charge < -0.3 is 5.73 Å². The Hall–Kier alpha value is -0.300. The zero-order chi connectivity index (χ0) is 10.7. The number of rotatable bonds is 2. The predicted octanol–water partition coefficient (Wildman–Crippen LogP) is 3.64. The lowest BCUT2D eigenvalue weighted by Crippen LogP contribution is -2.36. The molecule has 0 aliphatic heterocycles. The van der Waals surface area contributed by atoms with Crippen molar-refractivity contribution in [1.29, 1.82) is 0 Å². The maximum Gasteiger partial charge on any atom is 0.00347 e. The fraction of sp³-hybridized carbons (Fsp3) is 0.857. The Morgan fingerprint density at radius 3 is 2.60 bits per heavy atom. The van der Waals surface area contributed by atoms with E-state index in [0.29, 0.717) is 5.41 Å². The highest BCUT2D eigenvalue weighted by atomic mass is 14.6. The van der Waals surface area contributed by atoms with E-state index in [1.807, 2.05) is 0 Å². The van der Waals surface area contributed by atoms with Crippen LogP contribution in [0.1, 0.15) is 58.3 Å². The summed E-state index contributed by atoms with van der Waals surface area (Å²) >= 11 is 0. The van der Waals surface area contributed by atoms with E-state index in [-0.39, 0.29) is 0 Å². The Balaban J connectivity index is 2.10. The fourth-order valence-corrected chi connectivity index (χ4v) is 3.29. The summed E-state index contributed by atoms with van der Waals surface area (Å²) in [5.41, 5.74) is 8.19. The molecule has 2 aliphatic rings. The number of hydrogen-bond acceptors (Lipinski definition) is 1. The van der Waals surface area contributed by atoms with Gasteiger partial charge in [-0.1, -0.05) is 18.6 Å². The topological polar surface area (TPSA) is 26.0 Å². The predicted molar refractivity (Wildman–Crippen MR) is 65.7 cm³/mol. The van der Waals surface area contributed by atoms with Gasteiger partial charge in [-0.25, -0.2) is 0 Å². The summed E-state index contributed by atoms with van der Waals surface area (Å²) in [5, 5.41) is 0. The summed E-state index contributed by atoms with van der Waals surface area (Å²) in [5.74, 6) is 0.925. The van der Waals surface area contributed by atoms with Crippen molar-refractivity contribution in [1.82, 2.24) is 0 Å². The van der Waals surface area contributed by atoms with Gasteiger partial charge in [0.25, 0.3) is 0 Å². The molecule has 1 heteroatoms. The van der Waals surface area contributed by atoms with Gasteiger partial charge in [-0.15, -0.1) is 0 Å². The molecule has 0 bridgehead atoms. The van der Waals surface area contributed by atoms with Crippen molar-refractivity contribution in [2.24, 2.45) is 17.1 Å². The number of hydrogen-bond donors (Lipinski definition) is 1. The zero-order valence-corrected chi connectivity index (χ0v) is 10.1. The second kappa shape index (κ2) is 4.69. The molecule has 2 N–H and O–H groups in total. The molecule has 0 unspecified atom stereocenters. The van der Waals surface area contributed by atoms with Crippen LogP contribution in [0.3, 0.4) is 0 Å². The van der Waals surface area contributed by atoms with Crippen LogP contribution in [-0.4, -0.2) is 6.54 Å². The van der Waals surface area contributed by atoms with Gasteiger partial charge in [-0.3, -0.25) is 0 Å². The Kier molecular flexibility index (Phi) is 3.50. The average Bonchev–Trinajstić information content (AvgIpc) is 2.32. The maximum atomic E-state index is 6.07. The SMILES string of the molecule is CC1CCC(CN)(C2=CCCCC2)CC1. The molecule has 0 spiro atoms. The molecule has 0 saturated heterocycles.